The maximum atomic E-state index is 12.6. The molecule has 3 aromatic rings. The normalized spacial score (nSPS) is 10.5. The fourth-order valence-corrected chi connectivity index (χ4v) is 2.06. The molecule has 106 valence electrons. The minimum Gasteiger partial charge on any atom is -0.467 e. The quantitative estimate of drug-likeness (QED) is 0.721. The average molecular weight is 282 g/mol. The molecule has 1 amide bonds. The van der Waals surface area contributed by atoms with Crippen molar-refractivity contribution in [1.82, 2.24) is 9.88 Å². The highest BCUT2D eigenvalue weighted by atomic mass is 16.3. The smallest absolute Gasteiger partial charge is 0.254 e. The van der Waals surface area contributed by atoms with Gasteiger partial charge in [-0.2, -0.15) is 0 Å². The third-order valence-electron chi connectivity index (χ3n) is 3.07. The summed E-state index contributed by atoms with van der Waals surface area (Å²) in [7, 11) is 0. The fraction of sp³-hybridized carbons (Fsp3) is 0.125. The molecule has 0 aliphatic rings. The van der Waals surface area contributed by atoms with Gasteiger partial charge >= 0.3 is 0 Å². The molecule has 21 heavy (non-hydrogen) atoms. The van der Waals surface area contributed by atoms with E-state index in [1.54, 1.807) is 54.1 Å². The second-order valence-electron chi connectivity index (χ2n) is 4.56. The Balaban J connectivity index is 1.82. The van der Waals surface area contributed by atoms with Crippen molar-refractivity contribution in [2.24, 2.45) is 0 Å². The van der Waals surface area contributed by atoms with Gasteiger partial charge in [-0.15, -0.1) is 0 Å². The summed E-state index contributed by atoms with van der Waals surface area (Å²) in [5.41, 5.74) is 0.586. The van der Waals surface area contributed by atoms with Crippen LogP contribution in [0.4, 0.5) is 0 Å². The second-order valence-corrected chi connectivity index (χ2v) is 4.56. The number of rotatable bonds is 5. The van der Waals surface area contributed by atoms with Crippen molar-refractivity contribution in [3.63, 3.8) is 0 Å². The van der Waals surface area contributed by atoms with Gasteiger partial charge in [0.1, 0.15) is 11.5 Å². The molecule has 3 aromatic heterocycles. The molecule has 0 atom stereocenters. The number of amides is 1. The van der Waals surface area contributed by atoms with E-state index in [-0.39, 0.29) is 5.91 Å². The van der Waals surface area contributed by atoms with E-state index in [4.69, 9.17) is 8.83 Å². The van der Waals surface area contributed by atoms with Crippen molar-refractivity contribution in [3.8, 4) is 0 Å². The molecule has 3 rings (SSSR count). The summed E-state index contributed by atoms with van der Waals surface area (Å²) >= 11 is 0. The molecule has 0 N–H and O–H groups in total. The van der Waals surface area contributed by atoms with E-state index in [1.807, 2.05) is 12.1 Å². The topological polar surface area (TPSA) is 59.5 Å². The highest BCUT2D eigenvalue weighted by Crippen LogP contribution is 2.14. The Bertz CT molecular complexity index is 639. The lowest BCUT2D eigenvalue weighted by Gasteiger charge is -2.20. The van der Waals surface area contributed by atoms with Crippen LogP contribution >= 0.6 is 0 Å². The maximum Gasteiger partial charge on any atom is 0.254 e. The largest absolute Gasteiger partial charge is 0.467 e. The summed E-state index contributed by atoms with van der Waals surface area (Å²) < 4.78 is 10.7. The molecule has 0 bridgehead atoms. The predicted molar refractivity (Wildman–Crippen MR) is 75.2 cm³/mol. The number of aromatic nitrogens is 1. The number of pyridine rings is 1. The highest BCUT2D eigenvalue weighted by molar-refractivity contribution is 5.93. The molecule has 0 unspecified atom stereocenters. The van der Waals surface area contributed by atoms with Crippen LogP contribution in [0.3, 0.4) is 0 Å². The first kappa shape index (κ1) is 13.2. The molecule has 0 aliphatic heterocycles. The van der Waals surface area contributed by atoms with Gasteiger partial charge in [0.2, 0.25) is 0 Å². The Morgan fingerprint density at radius 1 is 0.952 bits per heavy atom. The fourth-order valence-electron chi connectivity index (χ4n) is 2.06. The van der Waals surface area contributed by atoms with Gasteiger partial charge in [0.15, 0.2) is 0 Å². The molecule has 0 fully saturated rings. The van der Waals surface area contributed by atoms with E-state index in [1.165, 1.54) is 0 Å². The molecule has 0 saturated heterocycles. The predicted octanol–water partition coefficient (Wildman–Crippen LogP) is 3.11. The second kappa shape index (κ2) is 6.09. The summed E-state index contributed by atoms with van der Waals surface area (Å²) in [6.45, 7) is 0.768. The van der Waals surface area contributed by atoms with Gasteiger partial charge in [0.25, 0.3) is 5.91 Å². The van der Waals surface area contributed by atoms with Gasteiger partial charge in [0, 0.05) is 18.0 Å². The first-order chi connectivity index (χ1) is 10.3. The number of hydrogen-bond acceptors (Lipinski definition) is 4. The number of nitrogens with zero attached hydrogens (tertiary/aromatic N) is 2. The average Bonchev–Trinajstić information content (AvgIpc) is 3.20. The lowest BCUT2D eigenvalue weighted by molar-refractivity contribution is 0.0704. The van der Waals surface area contributed by atoms with E-state index in [0.29, 0.717) is 18.7 Å². The van der Waals surface area contributed by atoms with E-state index in [0.717, 1.165) is 11.5 Å². The number of carbonyl (C=O) groups excluding carboxylic acids is 1. The lowest BCUT2D eigenvalue weighted by Crippen LogP contribution is -2.29. The number of carbonyl (C=O) groups is 1. The van der Waals surface area contributed by atoms with E-state index < -0.39 is 0 Å². The van der Waals surface area contributed by atoms with Gasteiger partial charge in [-0.25, -0.2) is 0 Å². The third kappa shape index (κ3) is 3.20. The zero-order valence-electron chi connectivity index (χ0n) is 11.3. The monoisotopic (exact) mass is 282 g/mol. The highest BCUT2D eigenvalue weighted by Gasteiger charge is 2.18. The summed E-state index contributed by atoms with van der Waals surface area (Å²) in [5.74, 6) is 1.36. The van der Waals surface area contributed by atoms with Gasteiger partial charge in [0.05, 0.1) is 25.6 Å². The Labute approximate surface area is 121 Å². The van der Waals surface area contributed by atoms with Crippen LogP contribution in [0.2, 0.25) is 0 Å². The van der Waals surface area contributed by atoms with Crippen LogP contribution in [0.1, 0.15) is 21.9 Å². The molecule has 0 radical (unpaired) electrons. The van der Waals surface area contributed by atoms with Crippen LogP contribution in [0.15, 0.2) is 70.2 Å². The summed E-state index contributed by atoms with van der Waals surface area (Å²) in [6.07, 6.45) is 6.39. The van der Waals surface area contributed by atoms with Crippen LogP contribution in [0, 0.1) is 0 Å². The van der Waals surface area contributed by atoms with E-state index in [9.17, 15) is 4.79 Å². The molecular formula is C16H14N2O3. The minimum atomic E-state index is -0.0924. The first-order valence-corrected chi connectivity index (χ1v) is 6.57. The van der Waals surface area contributed by atoms with Gasteiger partial charge < -0.3 is 13.7 Å². The van der Waals surface area contributed by atoms with Crippen molar-refractivity contribution in [2.75, 3.05) is 0 Å². The molecule has 0 spiro atoms. The molecule has 3 heterocycles. The molecule has 0 aliphatic carbocycles. The van der Waals surface area contributed by atoms with Gasteiger partial charge in [-0.05, 0) is 36.4 Å². The van der Waals surface area contributed by atoms with Crippen LogP contribution < -0.4 is 0 Å². The summed E-state index contributed by atoms with van der Waals surface area (Å²) in [6, 6.07) is 10.7. The maximum absolute atomic E-state index is 12.6. The Kier molecular flexibility index (Phi) is 3.82. The Hall–Kier alpha value is -2.82. The molecular weight excluding hydrogens is 268 g/mol. The van der Waals surface area contributed by atoms with E-state index >= 15 is 0 Å². The van der Waals surface area contributed by atoms with Gasteiger partial charge in [-0.1, -0.05) is 0 Å². The van der Waals surface area contributed by atoms with Gasteiger partial charge in [-0.3, -0.25) is 9.78 Å². The minimum absolute atomic E-state index is 0.0924. The van der Waals surface area contributed by atoms with Crippen LogP contribution in [-0.4, -0.2) is 15.8 Å². The molecule has 0 aromatic carbocycles. The van der Waals surface area contributed by atoms with Crippen molar-refractivity contribution < 1.29 is 13.6 Å². The van der Waals surface area contributed by atoms with Crippen molar-refractivity contribution in [3.05, 3.63) is 78.4 Å². The van der Waals surface area contributed by atoms with E-state index in [2.05, 4.69) is 4.98 Å². The zero-order chi connectivity index (χ0) is 14.5. The van der Waals surface area contributed by atoms with Crippen LogP contribution in [0.25, 0.3) is 0 Å². The Morgan fingerprint density at radius 3 is 2.00 bits per heavy atom. The first-order valence-electron chi connectivity index (χ1n) is 6.57. The zero-order valence-corrected chi connectivity index (χ0v) is 11.3. The van der Waals surface area contributed by atoms with Crippen molar-refractivity contribution in [2.45, 2.75) is 13.1 Å². The number of hydrogen-bond donors (Lipinski definition) is 0. The molecule has 5 heteroatoms. The number of furan rings is 2. The van der Waals surface area contributed by atoms with Crippen LogP contribution in [0.5, 0.6) is 0 Å². The standard InChI is InChI=1S/C16H14N2O3/c19-16(13-5-7-17-8-6-13)18(11-14-3-1-9-20-14)12-15-4-2-10-21-15/h1-10H,11-12H2. The molecule has 5 nitrogen and oxygen atoms in total. The van der Waals surface area contributed by atoms with Crippen molar-refractivity contribution >= 4 is 5.91 Å². The molecule has 0 saturated carbocycles. The summed E-state index contributed by atoms with van der Waals surface area (Å²) in [4.78, 5) is 18.2. The van der Waals surface area contributed by atoms with Crippen LogP contribution in [-0.2, 0) is 13.1 Å². The third-order valence-corrected chi connectivity index (χ3v) is 3.07. The lowest BCUT2D eigenvalue weighted by atomic mass is 10.2. The Morgan fingerprint density at radius 2 is 1.52 bits per heavy atom. The van der Waals surface area contributed by atoms with Crippen molar-refractivity contribution in [1.29, 1.82) is 0 Å². The SMILES string of the molecule is O=C(c1ccncc1)N(Cc1ccco1)Cc1ccco1. The summed E-state index contributed by atoms with van der Waals surface area (Å²) in [5, 5.41) is 0.